The van der Waals surface area contributed by atoms with E-state index in [-0.39, 0.29) is 11.3 Å². The molecule has 0 saturated heterocycles. The van der Waals surface area contributed by atoms with Crippen molar-refractivity contribution >= 4 is 11.6 Å². The number of nitrogens with one attached hydrogen (secondary N) is 1. The van der Waals surface area contributed by atoms with Crippen LogP contribution in [-0.2, 0) is 0 Å². The lowest BCUT2D eigenvalue weighted by atomic mass is 9.89. The van der Waals surface area contributed by atoms with Crippen LogP contribution < -0.4 is 11.1 Å². The third kappa shape index (κ3) is 2.66. The molecule has 1 aliphatic rings. The number of carbonyl (C=O) groups excluding carboxylic acids is 1. The Bertz CT molecular complexity index is 448. The zero-order valence-corrected chi connectivity index (χ0v) is 11.3. The van der Waals surface area contributed by atoms with Gasteiger partial charge in [0.05, 0.1) is 0 Å². The Kier molecular flexibility index (Phi) is 3.60. The summed E-state index contributed by atoms with van der Waals surface area (Å²) >= 11 is 0. The fourth-order valence-electron chi connectivity index (χ4n) is 2.69. The predicted molar refractivity (Wildman–Crippen MR) is 74.5 cm³/mol. The number of carbonyl (C=O) groups is 1. The smallest absolute Gasteiger partial charge is 0.251 e. The quantitative estimate of drug-likeness (QED) is 0.806. The topological polar surface area (TPSA) is 55.1 Å². The Morgan fingerprint density at radius 2 is 2.06 bits per heavy atom. The van der Waals surface area contributed by atoms with Crippen molar-refractivity contribution < 1.29 is 4.79 Å². The van der Waals surface area contributed by atoms with Crippen LogP contribution in [0.25, 0.3) is 0 Å². The molecule has 1 aliphatic carbocycles. The first kappa shape index (κ1) is 12.9. The molecule has 0 radical (unpaired) electrons. The number of benzene rings is 1. The van der Waals surface area contributed by atoms with Crippen LogP contribution in [0.5, 0.6) is 0 Å². The van der Waals surface area contributed by atoms with Gasteiger partial charge in [0, 0.05) is 17.8 Å². The highest BCUT2D eigenvalue weighted by atomic mass is 16.1. The van der Waals surface area contributed by atoms with Gasteiger partial charge in [0.15, 0.2) is 0 Å². The first-order valence-corrected chi connectivity index (χ1v) is 6.65. The molecule has 1 aromatic rings. The van der Waals surface area contributed by atoms with E-state index in [1.165, 1.54) is 25.7 Å². The van der Waals surface area contributed by atoms with Gasteiger partial charge in [-0.05, 0) is 42.9 Å². The summed E-state index contributed by atoms with van der Waals surface area (Å²) in [6.45, 7) is 4.91. The Labute approximate surface area is 109 Å². The monoisotopic (exact) mass is 246 g/mol. The summed E-state index contributed by atoms with van der Waals surface area (Å²) in [7, 11) is 0. The van der Waals surface area contributed by atoms with E-state index in [0.29, 0.717) is 11.3 Å². The number of anilines is 1. The molecule has 0 spiro atoms. The van der Waals surface area contributed by atoms with Gasteiger partial charge < -0.3 is 11.1 Å². The Morgan fingerprint density at radius 1 is 1.39 bits per heavy atom. The van der Waals surface area contributed by atoms with E-state index in [9.17, 15) is 4.79 Å². The zero-order chi connectivity index (χ0) is 13.2. The molecule has 18 heavy (non-hydrogen) atoms. The van der Waals surface area contributed by atoms with Gasteiger partial charge >= 0.3 is 0 Å². The predicted octanol–water partition coefficient (Wildman–Crippen LogP) is 2.89. The van der Waals surface area contributed by atoms with Crippen molar-refractivity contribution in [2.75, 3.05) is 12.3 Å². The maximum atomic E-state index is 12.1. The molecule has 3 nitrogen and oxygen atoms in total. The molecule has 3 N–H and O–H groups in total. The molecular formula is C15H22N2O. The van der Waals surface area contributed by atoms with Crippen LogP contribution in [0.4, 0.5) is 5.69 Å². The van der Waals surface area contributed by atoms with Crippen LogP contribution in [0, 0.1) is 12.3 Å². The number of rotatable bonds is 3. The maximum absolute atomic E-state index is 12.1. The summed E-state index contributed by atoms with van der Waals surface area (Å²) in [5, 5.41) is 3.05. The Hall–Kier alpha value is -1.51. The van der Waals surface area contributed by atoms with E-state index < -0.39 is 0 Å². The molecule has 0 unspecified atom stereocenters. The SMILES string of the molecule is Cc1c(N)cccc1C(=O)NCC1(C)CCCC1. The van der Waals surface area contributed by atoms with Crippen LogP contribution in [0.1, 0.15) is 48.5 Å². The Balaban J connectivity index is 2.01. The van der Waals surface area contributed by atoms with E-state index in [1.807, 2.05) is 25.1 Å². The molecule has 0 aliphatic heterocycles. The molecule has 98 valence electrons. The van der Waals surface area contributed by atoms with Crippen molar-refractivity contribution in [3.05, 3.63) is 29.3 Å². The summed E-state index contributed by atoms with van der Waals surface area (Å²) in [5.74, 6) is -0.00655. The van der Waals surface area contributed by atoms with Crippen LogP contribution >= 0.6 is 0 Å². The highest BCUT2D eigenvalue weighted by Gasteiger charge is 2.29. The summed E-state index contributed by atoms with van der Waals surface area (Å²) in [5.41, 5.74) is 8.34. The lowest BCUT2D eigenvalue weighted by Crippen LogP contribution is -2.34. The minimum atomic E-state index is -0.00655. The average molecular weight is 246 g/mol. The van der Waals surface area contributed by atoms with Crippen LogP contribution in [0.2, 0.25) is 0 Å². The van der Waals surface area contributed by atoms with Crippen molar-refractivity contribution in [3.63, 3.8) is 0 Å². The maximum Gasteiger partial charge on any atom is 0.251 e. The van der Waals surface area contributed by atoms with E-state index in [2.05, 4.69) is 12.2 Å². The number of hydrogen-bond acceptors (Lipinski definition) is 2. The van der Waals surface area contributed by atoms with Crippen LogP contribution in [0.3, 0.4) is 0 Å². The summed E-state index contributed by atoms with van der Waals surface area (Å²) in [4.78, 5) is 12.1. The fourth-order valence-corrected chi connectivity index (χ4v) is 2.69. The minimum Gasteiger partial charge on any atom is -0.398 e. The summed E-state index contributed by atoms with van der Waals surface area (Å²) in [6.07, 6.45) is 4.99. The van der Waals surface area contributed by atoms with Crippen molar-refractivity contribution in [2.45, 2.75) is 39.5 Å². The normalized spacial score (nSPS) is 17.7. The van der Waals surface area contributed by atoms with Gasteiger partial charge in [-0.2, -0.15) is 0 Å². The number of nitrogens with two attached hydrogens (primary N) is 1. The van der Waals surface area contributed by atoms with E-state index in [0.717, 1.165) is 12.1 Å². The van der Waals surface area contributed by atoms with Crippen LogP contribution in [0.15, 0.2) is 18.2 Å². The van der Waals surface area contributed by atoms with Gasteiger partial charge in [-0.3, -0.25) is 4.79 Å². The molecular weight excluding hydrogens is 224 g/mol. The molecule has 1 aromatic carbocycles. The summed E-state index contributed by atoms with van der Waals surface area (Å²) < 4.78 is 0. The molecule has 1 saturated carbocycles. The standard InChI is InChI=1S/C15H22N2O/c1-11-12(6-5-7-13(11)16)14(18)17-10-15(2)8-3-4-9-15/h5-7H,3-4,8-10,16H2,1-2H3,(H,17,18). The van der Waals surface area contributed by atoms with E-state index >= 15 is 0 Å². The number of amides is 1. The van der Waals surface area contributed by atoms with Crippen LogP contribution in [-0.4, -0.2) is 12.5 Å². The molecule has 1 fully saturated rings. The fraction of sp³-hybridized carbons (Fsp3) is 0.533. The second-order valence-corrected chi connectivity index (χ2v) is 5.72. The van der Waals surface area contributed by atoms with Crippen molar-refractivity contribution in [1.82, 2.24) is 5.32 Å². The lowest BCUT2D eigenvalue weighted by Gasteiger charge is -2.24. The second kappa shape index (κ2) is 5.01. The molecule has 1 amide bonds. The minimum absolute atomic E-state index is 0.00655. The third-order valence-corrected chi connectivity index (χ3v) is 4.11. The van der Waals surface area contributed by atoms with Crippen molar-refractivity contribution in [2.24, 2.45) is 5.41 Å². The molecule has 0 bridgehead atoms. The largest absolute Gasteiger partial charge is 0.398 e. The zero-order valence-electron chi connectivity index (χ0n) is 11.3. The van der Waals surface area contributed by atoms with Gasteiger partial charge in [0.1, 0.15) is 0 Å². The van der Waals surface area contributed by atoms with Gasteiger partial charge in [-0.1, -0.05) is 25.8 Å². The van der Waals surface area contributed by atoms with Gasteiger partial charge in [0.25, 0.3) is 5.91 Å². The van der Waals surface area contributed by atoms with Crippen molar-refractivity contribution in [1.29, 1.82) is 0 Å². The molecule has 0 aromatic heterocycles. The molecule has 2 rings (SSSR count). The van der Waals surface area contributed by atoms with Gasteiger partial charge in [0.2, 0.25) is 0 Å². The first-order chi connectivity index (χ1) is 8.52. The highest BCUT2D eigenvalue weighted by Crippen LogP contribution is 2.36. The lowest BCUT2D eigenvalue weighted by molar-refractivity contribution is 0.0933. The average Bonchev–Trinajstić information content (AvgIpc) is 2.77. The second-order valence-electron chi connectivity index (χ2n) is 5.72. The van der Waals surface area contributed by atoms with E-state index in [4.69, 9.17) is 5.73 Å². The third-order valence-electron chi connectivity index (χ3n) is 4.11. The molecule has 3 heteroatoms. The summed E-state index contributed by atoms with van der Waals surface area (Å²) in [6, 6.07) is 5.48. The van der Waals surface area contributed by atoms with Crippen molar-refractivity contribution in [3.8, 4) is 0 Å². The Morgan fingerprint density at radius 3 is 2.72 bits per heavy atom. The molecule has 0 atom stereocenters. The number of nitrogen functional groups attached to an aromatic ring is 1. The van der Waals surface area contributed by atoms with Gasteiger partial charge in [-0.15, -0.1) is 0 Å². The van der Waals surface area contributed by atoms with Gasteiger partial charge in [-0.25, -0.2) is 0 Å². The van der Waals surface area contributed by atoms with E-state index in [1.54, 1.807) is 0 Å². The number of hydrogen-bond donors (Lipinski definition) is 2. The highest BCUT2D eigenvalue weighted by molar-refractivity contribution is 5.96. The first-order valence-electron chi connectivity index (χ1n) is 6.65. The molecule has 0 heterocycles.